The van der Waals surface area contributed by atoms with Crippen molar-refractivity contribution in [3.05, 3.63) is 67.9 Å². The van der Waals surface area contributed by atoms with Crippen LogP contribution in [0.4, 0.5) is 0 Å². The number of methoxy groups -OCH3 is 1. The zero-order chi connectivity index (χ0) is 16.4. The fourth-order valence-electron chi connectivity index (χ4n) is 2.09. The highest BCUT2D eigenvalue weighted by atomic mass is 127. The van der Waals surface area contributed by atoms with Gasteiger partial charge in [-0.05, 0) is 58.5 Å². The van der Waals surface area contributed by atoms with Crippen molar-refractivity contribution in [3.63, 3.8) is 0 Å². The van der Waals surface area contributed by atoms with Crippen LogP contribution in [-0.4, -0.2) is 19.0 Å². The van der Waals surface area contributed by atoms with E-state index < -0.39 is 5.97 Å². The topological polar surface area (TPSA) is 47.9 Å². The number of ether oxygens (including phenoxy) is 2. The van der Waals surface area contributed by atoms with E-state index in [0.717, 1.165) is 14.7 Å². The molecule has 23 heavy (non-hydrogen) atoms. The largest absolute Gasteiger partial charge is 0.495 e. The van der Waals surface area contributed by atoms with Gasteiger partial charge in [-0.3, -0.25) is 0 Å². The summed E-state index contributed by atoms with van der Waals surface area (Å²) in [4.78, 5) is 16.3. The second-order valence-electron chi connectivity index (χ2n) is 4.71. The van der Waals surface area contributed by atoms with E-state index in [9.17, 15) is 4.79 Å². The molecule has 1 aliphatic heterocycles. The van der Waals surface area contributed by atoms with Crippen LogP contribution in [0.5, 0.6) is 5.75 Å². The number of esters is 1. The number of carbonyl (C=O) groups is 1. The third-order valence-electron chi connectivity index (χ3n) is 3.20. The summed E-state index contributed by atoms with van der Waals surface area (Å²) in [6, 6.07) is 12.8. The van der Waals surface area contributed by atoms with Gasteiger partial charge in [0.1, 0.15) is 5.75 Å². The molecule has 0 radical (unpaired) electrons. The Labute approximate surface area is 151 Å². The van der Waals surface area contributed by atoms with E-state index in [1.54, 1.807) is 31.4 Å². The van der Waals surface area contributed by atoms with Gasteiger partial charge in [0.05, 0.1) is 17.7 Å². The first-order valence-corrected chi connectivity index (χ1v) is 8.15. The van der Waals surface area contributed by atoms with Gasteiger partial charge in [-0.1, -0.05) is 29.8 Å². The van der Waals surface area contributed by atoms with Gasteiger partial charge in [0.15, 0.2) is 5.70 Å². The molecule has 0 amide bonds. The highest BCUT2D eigenvalue weighted by Gasteiger charge is 2.25. The Hall–Kier alpha value is -1.86. The maximum atomic E-state index is 12.0. The average molecular weight is 440 g/mol. The summed E-state index contributed by atoms with van der Waals surface area (Å²) < 4.78 is 11.3. The lowest BCUT2D eigenvalue weighted by Crippen LogP contribution is -2.06. The van der Waals surface area contributed by atoms with Crippen LogP contribution in [-0.2, 0) is 9.53 Å². The van der Waals surface area contributed by atoms with Gasteiger partial charge in [-0.15, -0.1) is 0 Å². The van der Waals surface area contributed by atoms with Gasteiger partial charge >= 0.3 is 5.97 Å². The first-order valence-electron chi connectivity index (χ1n) is 6.69. The van der Waals surface area contributed by atoms with Crippen molar-refractivity contribution in [2.75, 3.05) is 7.11 Å². The smallest absolute Gasteiger partial charge is 0.363 e. The maximum absolute atomic E-state index is 12.0. The quantitative estimate of drug-likeness (QED) is 0.407. The van der Waals surface area contributed by atoms with Crippen molar-refractivity contribution in [2.45, 2.75) is 0 Å². The van der Waals surface area contributed by atoms with E-state index in [1.165, 1.54) is 0 Å². The first-order chi connectivity index (χ1) is 11.1. The average Bonchev–Trinajstić information content (AvgIpc) is 2.89. The Balaban J connectivity index is 1.95. The fraction of sp³-hybridized carbons (Fsp3) is 0.0588. The zero-order valence-electron chi connectivity index (χ0n) is 12.0. The molecule has 2 aromatic carbocycles. The number of rotatable bonds is 3. The molecule has 0 saturated heterocycles. The number of halogens is 2. The summed E-state index contributed by atoms with van der Waals surface area (Å²) in [5.74, 6) is 0.406. The molecule has 1 heterocycles. The Morgan fingerprint density at radius 1 is 1.26 bits per heavy atom. The van der Waals surface area contributed by atoms with Crippen LogP contribution in [0.1, 0.15) is 11.1 Å². The van der Waals surface area contributed by atoms with Crippen molar-refractivity contribution in [3.8, 4) is 5.75 Å². The second kappa shape index (κ2) is 6.72. The number of aliphatic imine (C=N–C) groups is 1. The van der Waals surface area contributed by atoms with Crippen molar-refractivity contribution < 1.29 is 14.3 Å². The van der Waals surface area contributed by atoms with Crippen LogP contribution in [0.25, 0.3) is 6.08 Å². The molecule has 0 spiro atoms. The number of hydrogen-bond acceptors (Lipinski definition) is 4. The molecule has 6 heteroatoms. The van der Waals surface area contributed by atoms with E-state index in [4.69, 9.17) is 21.1 Å². The molecule has 1 aliphatic rings. The lowest BCUT2D eigenvalue weighted by atomic mass is 10.2. The Morgan fingerprint density at radius 3 is 2.74 bits per heavy atom. The Bertz CT molecular complexity index is 845. The highest BCUT2D eigenvalue weighted by molar-refractivity contribution is 14.1. The summed E-state index contributed by atoms with van der Waals surface area (Å²) in [6.07, 6.45) is 1.64. The van der Waals surface area contributed by atoms with Gasteiger partial charge in [0.2, 0.25) is 5.90 Å². The third kappa shape index (κ3) is 3.40. The van der Waals surface area contributed by atoms with E-state index >= 15 is 0 Å². The van der Waals surface area contributed by atoms with E-state index in [-0.39, 0.29) is 5.70 Å². The lowest BCUT2D eigenvalue weighted by Gasteiger charge is -2.03. The van der Waals surface area contributed by atoms with Crippen LogP contribution in [0.15, 0.2) is 53.2 Å². The number of nitrogens with zero attached hydrogens (tertiary/aromatic N) is 1. The predicted octanol–water partition coefficient (Wildman–Crippen LogP) is 4.30. The molecule has 0 bridgehead atoms. The molecule has 0 fully saturated rings. The third-order valence-corrected chi connectivity index (χ3v) is 4.44. The monoisotopic (exact) mass is 439 g/mol. The number of carbonyl (C=O) groups excluding carboxylic acids is 1. The normalized spacial score (nSPS) is 15.5. The minimum Gasteiger partial charge on any atom is -0.495 e. The summed E-state index contributed by atoms with van der Waals surface area (Å²) in [5, 5.41) is 0.468. The second-order valence-corrected chi connectivity index (χ2v) is 6.28. The van der Waals surface area contributed by atoms with Gasteiger partial charge in [0, 0.05) is 3.57 Å². The van der Waals surface area contributed by atoms with Crippen LogP contribution in [0.3, 0.4) is 0 Å². The SMILES string of the molecule is COc1ccc(/C=C2/N=C(c3ccccc3I)OC2=O)cc1Cl. The molecule has 2 aromatic rings. The fourth-order valence-corrected chi connectivity index (χ4v) is 2.97. The van der Waals surface area contributed by atoms with Crippen molar-refractivity contribution in [2.24, 2.45) is 4.99 Å². The molecular formula is C17H11ClINO3. The zero-order valence-corrected chi connectivity index (χ0v) is 15.0. The summed E-state index contributed by atoms with van der Waals surface area (Å²) in [7, 11) is 1.55. The maximum Gasteiger partial charge on any atom is 0.363 e. The van der Waals surface area contributed by atoms with Gasteiger partial charge in [-0.25, -0.2) is 9.79 Å². The first kappa shape index (κ1) is 16.0. The summed E-state index contributed by atoms with van der Waals surface area (Å²) >= 11 is 8.27. The highest BCUT2D eigenvalue weighted by Crippen LogP contribution is 2.27. The summed E-state index contributed by atoms with van der Waals surface area (Å²) in [5.41, 5.74) is 1.77. The van der Waals surface area contributed by atoms with Gasteiger partial charge in [-0.2, -0.15) is 0 Å². The molecular weight excluding hydrogens is 429 g/mol. The minimum absolute atomic E-state index is 0.237. The van der Waals surface area contributed by atoms with E-state index in [1.807, 2.05) is 24.3 Å². The Kier molecular flexibility index (Phi) is 4.68. The molecule has 0 N–H and O–H groups in total. The van der Waals surface area contributed by atoms with Crippen LogP contribution in [0.2, 0.25) is 5.02 Å². The summed E-state index contributed by atoms with van der Waals surface area (Å²) in [6.45, 7) is 0. The minimum atomic E-state index is -0.480. The number of hydrogen-bond donors (Lipinski definition) is 0. The molecule has 116 valence electrons. The standard InChI is InChI=1S/C17H11ClINO3/c1-22-15-7-6-10(8-12(15)18)9-14-17(21)23-16(20-14)11-4-2-3-5-13(11)19/h2-9H,1H3/b14-9+. The van der Waals surface area contributed by atoms with E-state index in [0.29, 0.717) is 16.7 Å². The Morgan fingerprint density at radius 2 is 2.04 bits per heavy atom. The number of cyclic esters (lactones) is 1. The predicted molar refractivity (Wildman–Crippen MR) is 97.8 cm³/mol. The van der Waals surface area contributed by atoms with Crippen molar-refractivity contribution >= 4 is 52.1 Å². The number of benzene rings is 2. The molecule has 0 atom stereocenters. The molecule has 4 nitrogen and oxygen atoms in total. The molecule has 0 aromatic heterocycles. The molecule has 0 aliphatic carbocycles. The van der Waals surface area contributed by atoms with Gasteiger partial charge < -0.3 is 9.47 Å². The van der Waals surface area contributed by atoms with Gasteiger partial charge in [0.25, 0.3) is 0 Å². The molecule has 3 rings (SSSR count). The molecule has 0 saturated carbocycles. The van der Waals surface area contributed by atoms with Crippen LogP contribution < -0.4 is 4.74 Å². The van der Waals surface area contributed by atoms with Crippen LogP contribution in [0, 0.1) is 3.57 Å². The lowest BCUT2D eigenvalue weighted by molar-refractivity contribution is -0.129. The van der Waals surface area contributed by atoms with Crippen molar-refractivity contribution in [1.82, 2.24) is 0 Å². The van der Waals surface area contributed by atoms with Crippen molar-refractivity contribution in [1.29, 1.82) is 0 Å². The van der Waals surface area contributed by atoms with Crippen LogP contribution >= 0.6 is 34.2 Å². The van der Waals surface area contributed by atoms with E-state index in [2.05, 4.69) is 27.6 Å². The molecule has 0 unspecified atom stereocenters.